The van der Waals surface area contributed by atoms with Crippen molar-refractivity contribution in [3.8, 4) is 11.5 Å². The van der Waals surface area contributed by atoms with Gasteiger partial charge in [-0.2, -0.15) is 0 Å². The number of carbonyl (C=O) groups excluding carboxylic acids is 1. The second kappa shape index (κ2) is 6.76. The Balaban J connectivity index is 2.09. The molecule has 2 atom stereocenters. The van der Waals surface area contributed by atoms with Crippen molar-refractivity contribution in [3.63, 3.8) is 0 Å². The SMILES string of the molecule is COc1ccc(OC)c([C@@H]2C[C@@](C)(C(C)=O)ON2c2ccccc2)c1. The molecule has 5 heteroatoms. The van der Waals surface area contributed by atoms with E-state index in [1.54, 1.807) is 26.2 Å². The van der Waals surface area contributed by atoms with Gasteiger partial charge in [0.2, 0.25) is 0 Å². The Hall–Kier alpha value is -2.53. The van der Waals surface area contributed by atoms with Crippen molar-refractivity contribution in [1.82, 2.24) is 0 Å². The topological polar surface area (TPSA) is 48.0 Å². The highest BCUT2D eigenvalue weighted by atomic mass is 16.7. The van der Waals surface area contributed by atoms with Crippen LogP contribution >= 0.6 is 0 Å². The number of nitrogens with zero attached hydrogens (tertiary/aromatic N) is 1. The van der Waals surface area contributed by atoms with Crippen molar-refractivity contribution in [3.05, 3.63) is 54.1 Å². The Kier molecular flexibility index (Phi) is 4.68. The number of hydrogen-bond acceptors (Lipinski definition) is 5. The lowest BCUT2D eigenvalue weighted by atomic mass is 9.90. The minimum absolute atomic E-state index is 0.00204. The maximum Gasteiger partial charge on any atom is 0.164 e. The van der Waals surface area contributed by atoms with Crippen LogP contribution in [0.5, 0.6) is 11.5 Å². The lowest BCUT2D eigenvalue weighted by molar-refractivity contribution is -0.136. The summed E-state index contributed by atoms with van der Waals surface area (Å²) in [5.41, 5.74) is 0.937. The Morgan fingerprint density at radius 3 is 2.48 bits per heavy atom. The Bertz CT molecular complexity index is 762. The van der Waals surface area contributed by atoms with Crippen LogP contribution in [0.25, 0.3) is 0 Å². The molecular weight excluding hydrogens is 318 g/mol. The average Bonchev–Trinajstić information content (AvgIpc) is 3.01. The average molecular weight is 341 g/mol. The summed E-state index contributed by atoms with van der Waals surface area (Å²) >= 11 is 0. The molecule has 0 spiro atoms. The third kappa shape index (κ3) is 3.20. The number of hydrogen-bond donors (Lipinski definition) is 0. The molecule has 1 heterocycles. The molecule has 2 aromatic carbocycles. The van der Waals surface area contributed by atoms with Gasteiger partial charge < -0.3 is 9.47 Å². The van der Waals surface area contributed by atoms with E-state index in [0.29, 0.717) is 6.42 Å². The highest BCUT2D eigenvalue weighted by Gasteiger charge is 2.47. The normalized spacial score (nSPS) is 22.7. The molecule has 25 heavy (non-hydrogen) atoms. The molecule has 1 saturated heterocycles. The predicted octanol–water partition coefficient (Wildman–Crippen LogP) is 3.93. The molecule has 5 nitrogen and oxygen atoms in total. The lowest BCUT2D eigenvalue weighted by Crippen LogP contribution is -2.34. The summed E-state index contributed by atoms with van der Waals surface area (Å²) < 4.78 is 10.9. The summed E-state index contributed by atoms with van der Waals surface area (Å²) in [6, 6.07) is 15.3. The summed E-state index contributed by atoms with van der Waals surface area (Å²) in [5.74, 6) is 1.47. The van der Waals surface area contributed by atoms with Gasteiger partial charge in [0, 0.05) is 12.0 Å². The fourth-order valence-electron chi connectivity index (χ4n) is 3.12. The first-order valence-corrected chi connectivity index (χ1v) is 8.25. The van der Waals surface area contributed by atoms with Crippen molar-refractivity contribution >= 4 is 11.5 Å². The van der Waals surface area contributed by atoms with Gasteiger partial charge in [0.25, 0.3) is 0 Å². The highest BCUT2D eigenvalue weighted by Crippen LogP contribution is 2.46. The minimum Gasteiger partial charge on any atom is -0.497 e. The predicted molar refractivity (Wildman–Crippen MR) is 96.0 cm³/mol. The van der Waals surface area contributed by atoms with Gasteiger partial charge in [-0.05, 0) is 44.2 Å². The third-order valence-electron chi connectivity index (χ3n) is 4.72. The van der Waals surface area contributed by atoms with Crippen LogP contribution < -0.4 is 14.5 Å². The highest BCUT2D eigenvalue weighted by molar-refractivity contribution is 5.85. The number of rotatable bonds is 5. The standard InChI is InChI=1S/C20H23NO4/c1-14(22)20(2)13-18(21(25-20)15-8-6-5-7-9-15)17-12-16(23-3)10-11-19(17)24-4/h5-12,18H,13H2,1-4H3/t18-,20-/m0/s1. The van der Waals surface area contributed by atoms with E-state index in [1.807, 2.05) is 55.5 Å². The van der Waals surface area contributed by atoms with Crippen molar-refractivity contribution in [2.75, 3.05) is 19.3 Å². The number of carbonyl (C=O) groups is 1. The molecule has 2 aromatic rings. The zero-order valence-electron chi connectivity index (χ0n) is 15.0. The zero-order valence-corrected chi connectivity index (χ0v) is 15.0. The van der Waals surface area contributed by atoms with E-state index in [2.05, 4.69) is 0 Å². The van der Waals surface area contributed by atoms with Gasteiger partial charge in [0.15, 0.2) is 11.4 Å². The molecule has 1 aliphatic rings. The number of benzene rings is 2. The fraction of sp³-hybridized carbons (Fsp3) is 0.350. The summed E-state index contributed by atoms with van der Waals surface area (Å²) in [5, 5.41) is 1.80. The fourth-order valence-corrected chi connectivity index (χ4v) is 3.12. The van der Waals surface area contributed by atoms with Crippen LogP contribution in [0, 0.1) is 0 Å². The second-order valence-corrected chi connectivity index (χ2v) is 6.37. The number of hydroxylamine groups is 1. The van der Waals surface area contributed by atoms with Crippen molar-refractivity contribution in [1.29, 1.82) is 0 Å². The number of ketones is 1. The van der Waals surface area contributed by atoms with Gasteiger partial charge in [-0.3, -0.25) is 9.63 Å². The largest absolute Gasteiger partial charge is 0.497 e. The molecule has 0 N–H and O–H groups in total. The summed E-state index contributed by atoms with van der Waals surface area (Å²) in [7, 11) is 3.27. The third-order valence-corrected chi connectivity index (χ3v) is 4.72. The van der Waals surface area contributed by atoms with E-state index in [-0.39, 0.29) is 11.8 Å². The van der Waals surface area contributed by atoms with Crippen molar-refractivity contribution in [2.24, 2.45) is 0 Å². The van der Waals surface area contributed by atoms with Gasteiger partial charge in [-0.25, -0.2) is 5.06 Å². The van der Waals surface area contributed by atoms with Gasteiger partial charge in [0.1, 0.15) is 11.5 Å². The van der Waals surface area contributed by atoms with E-state index < -0.39 is 5.60 Å². The molecule has 0 aliphatic carbocycles. The van der Waals surface area contributed by atoms with Crippen LogP contribution in [0.15, 0.2) is 48.5 Å². The molecule has 0 amide bonds. The van der Waals surface area contributed by atoms with Crippen LogP contribution in [0.1, 0.15) is 31.9 Å². The lowest BCUT2D eigenvalue weighted by Gasteiger charge is -2.27. The molecule has 132 valence electrons. The van der Waals surface area contributed by atoms with Crippen molar-refractivity contribution < 1.29 is 19.1 Å². The quantitative estimate of drug-likeness (QED) is 0.824. The van der Waals surface area contributed by atoms with E-state index in [0.717, 1.165) is 22.7 Å². The van der Waals surface area contributed by atoms with Crippen molar-refractivity contribution in [2.45, 2.75) is 31.9 Å². The Labute approximate surface area is 148 Å². The van der Waals surface area contributed by atoms with E-state index >= 15 is 0 Å². The van der Waals surface area contributed by atoms with Gasteiger partial charge >= 0.3 is 0 Å². The van der Waals surface area contributed by atoms with Crippen LogP contribution in [0.2, 0.25) is 0 Å². The smallest absolute Gasteiger partial charge is 0.164 e. The summed E-state index contributed by atoms with van der Waals surface area (Å²) in [4.78, 5) is 18.3. The monoisotopic (exact) mass is 341 g/mol. The molecule has 0 radical (unpaired) electrons. The summed E-state index contributed by atoms with van der Waals surface area (Å²) in [6.45, 7) is 3.40. The van der Waals surface area contributed by atoms with Crippen LogP contribution in [-0.4, -0.2) is 25.6 Å². The molecule has 3 rings (SSSR count). The van der Waals surface area contributed by atoms with E-state index in [9.17, 15) is 4.79 Å². The number of ether oxygens (including phenoxy) is 2. The van der Waals surface area contributed by atoms with Crippen LogP contribution in [0.3, 0.4) is 0 Å². The molecule has 0 aromatic heterocycles. The summed E-state index contributed by atoms with van der Waals surface area (Å²) in [6.07, 6.45) is 0.529. The molecule has 1 aliphatic heterocycles. The molecule has 0 saturated carbocycles. The zero-order chi connectivity index (χ0) is 18.0. The maximum atomic E-state index is 12.2. The molecule has 0 unspecified atom stereocenters. The number of para-hydroxylation sites is 1. The van der Waals surface area contributed by atoms with Gasteiger partial charge in [-0.15, -0.1) is 0 Å². The maximum absolute atomic E-state index is 12.2. The second-order valence-electron chi connectivity index (χ2n) is 6.37. The number of anilines is 1. The molecule has 1 fully saturated rings. The minimum atomic E-state index is -0.880. The van der Waals surface area contributed by atoms with E-state index in [4.69, 9.17) is 14.3 Å². The number of methoxy groups -OCH3 is 2. The van der Waals surface area contributed by atoms with E-state index in [1.165, 1.54) is 0 Å². The van der Waals surface area contributed by atoms with Gasteiger partial charge in [0.05, 0.1) is 25.9 Å². The first-order valence-electron chi connectivity index (χ1n) is 8.25. The Morgan fingerprint density at radius 2 is 1.88 bits per heavy atom. The number of Topliss-reactive ketones (excluding diaryl/α,β-unsaturated/α-hetero) is 1. The first-order chi connectivity index (χ1) is 12.0. The van der Waals surface area contributed by atoms with Crippen LogP contribution in [-0.2, 0) is 9.63 Å². The molecular formula is C20H23NO4. The first kappa shape index (κ1) is 17.3. The van der Waals surface area contributed by atoms with Crippen LogP contribution in [0.4, 0.5) is 5.69 Å². The Morgan fingerprint density at radius 1 is 1.16 bits per heavy atom. The van der Waals surface area contributed by atoms with Gasteiger partial charge in [-0.1, -0.05) is 18.2 Å². The molecule has 0 bridgehead atoms.